The van der Waals surface area contributed by atoms with Crippen LogP contribution in [0.25, 0.3) is 0 Å². The molecule has 1 saturated heterocycles. The van der Waals surface area contributed by atoms with E-state index in [0.29, 0.717) is 24.2 Å². The van der Waals surface area contributed by atoms with Crippen molar-refractivity contribution in [1.29, 1.82) is 5.26 Å². The maximum Gasteiger partial charge on any atom is 0.408 e. The highest BCUT2D eigenvalue weighted by Crippen LogP contribution is 2.63. The molecule has 5 aliphatic carbocycles. The molecule has 0 spiro atoms. The molecule has 2 amide bonds. The predicted octanol–water partition coefficient (Wildman–Crippen LogP) is 2.72. The number of carbonyl (C=O) groups is 2. The molecule has 4 unspecified atom stereocenters. The standard InChI is InChI=1S/C23H33N3O4/c1-21(2,3)30-20(28)25-18(19(27)26-16(11-24)5-15-6-17(15)26)22-7-13-4-14(8-22)10-23(29,9-13)12-22/h13-18,29H,4-10,12H2,1-3H3,(H,25,28)/t13?,14?,15?,16-,17?,18+,22?,23?/m0/s1. The molecule has 30 heavy (non-hydrogen) atoms. The van der Waals surface area contributed by atoms with Gasteiger partial charge in [-0.2, -0.15) is 5.26 Å². The molecule has 6 aliphatic rings. The van der Waals surface area contributed by atoms with Crippen molar-refractivity contribution in [3.8, 4) is 6.07 Å². The molecule has 6 atom stereocenters. The summed E-state index contributed by atoms with van der Waals surface area (Å²) in [5.41, 5.74) is -1.86. The number of hydrogen-bond acceptors (Lipinski definition) is 5. The molecule has 6 rings (SSSR count). The number of hydrogen-bond donors (Lipinski definition) is 2. The first kappa shape index (κ1) is 20.1. The topological polar surface area (TPSA) is 103 Å². The number of fused-ring (bicyclic) bond motifs is 1. The second kappa shape index (κ2) is 6.35. The van der Waals surface area contributed by atoms with Gasteiger partial charge in [0.05, 0.1) is 11.7 Å². The quantitative estimate of drug-likeness (QED) is 0.738. The number of nitrogens with zero attached hydrogens (tertiary/aromatic N) is 2. The second-order valence-electron chi connectivity index (χ2n) is 11.8. The van der Waals surface area contributed by atoms with E-state index in [4.69, 9.17) is 4.74 Å². The van der Waals surface area contributed by atoms with Gasteiger partial charge in [0.25, 0.3) is 0 Å². The highest BCUT2D eigenvalue weighted by molar-refractivity contribution is 5.88. The van der Waals surface area contributed by atoms with Crippen LogP contribution in [0.5, 0.6) is 0 Å². The van der Waals surface area contributed by atoms with E-state index in [1.165, 1.54) is 0 Å². The molecule has 4 bridgehead atoms. The van der Waals surface area contributed by atoms with Gasteiger partial charge in [0.15, 0.2) is 0 Å². The summed E-state index contributed by atoms with van der Waals surface area (Å²) in [6.07, 6.45) is 6.02. The van der Waals surface area contributed by atoms with Gasteiger partial charge in [-0.05, 0) is 89.9 Å². The Kier molecular flexibility index (Phi) is 4.26. The van der Waals surface area contributed by atoms with E-state index in [0.717, 1.165) is 44.9 Å². The van der Waals surface area contributed by atoms with Crippen LogP contribution in [0, 0.1) is 34.5 Å². The Hall–Kier alpha value is -1.81. The van der Waals surface area contributed by atoms with E-state index in [9.17, 15) is 20.0 Å². The van der Waals surface area contributed by atoms with Crippen LogP contribution in [0.3, 0.4) is 0 Å². The summed E-state index contributed by atoms with van der Waals surface area (Å²) in [7, 11) is 0. The molecule has 7 nitrogen and oxygen atoms in total. The lowest BCUT2D eigenvalue weighted by Crippen LogP contribution is -2.66. The largest absolute Gasteiger partial charge is 0.444 e. The third kappa shape index (κ3) is 3.28. The highest BCUT2D eigenvalue weighted by atomic mass is 16.6. The maximum absolute atomic E-state index is 13.9. The first-order valence-corrected chi connectivity index (χ1v) is 11.4. The van der Waals surface area contributed by atoms with Crippen LogP contribution < -0.4 is 5.32 Å². The molecule has 0 aromatic rings. The van der Waals surface area contributed by atoms with E-state index in [1.54, 1.807) is 25.7 Å². The summed E-state index contributed by atoms with van der Waals surface area (Å²) in [6.45, 7) is 5.41. The van der Waals surface area contributed by atoms with Gasteiger partial charge in [0.1, 0.15) is 17.7 Å². The van der Waals surface area contributed by atoms with Gasteiger partial charge in [-0.3, -0.25) is 4.79 Å². The Bertz CT molecular complexity index is 798. The summed E-state index contributed by atoms with van der Waals surface area (Å²) in [5, 5.41) is 23.8. The lowest BCUT2D eigenvalue weighted by molar-refractivity contribution is -0.180. The van der Waals surface area contributed by atoms with Gasteiger partial charge in [0.2, 0.25) is 5.91 Å². The van der Waals surface area contributed by atoms with Crippen molar-refractivity contribution in [2.45, 2.75) is 101 Å². The van der Waals surface area contributed by atoms with Crippen molar-refractivity contribution in [3.63, 3.8) is 0 Å². The first-order chi connectivity index (χ1) is 14.0. The number of amides is 2. The number of nitrogens with one attached hydrogen (secondary N) is 1. The average Bonchev–Trinajstić information content (AvgIpc) is 3.25. The van der Waals surface area contributed by atoms with Crippen LogP contribution in [0.1, 0.15) is 72.1 Å². The first-order valence-electron chi connectivity index (χ1n) is 11.4. The predicted molar refractivity (Wildman–Crippen MR) is 108 cm³/mol. The van der Waals surface area contributed by atoms with E-state index >= 15 is 0 Å². The van der Waals surface area contributed by atoms with Crippen molar-refractivity contribution in [2.75, 3.05) is 0 Å². The second-order valence-corrected chi connectivity index (χ2v) is 11.8. The van der Waals surface area contributed by atoms with Gasteiger partial charge >= 0.3 is 6.09 Å². The van der Waals surface area contributed by atoms with Crippen molar-refractivity contribution < 1.29 is 19.4 Å². The third-order valence-corrected chi connectivity index (χ3v) is 8.10. The number of alkyl carbamates (subject to hydrolysis) is 1. The summed E-state index contributed by atoms with van der Waals surface area (Å²) >= 11 is 0. The summed E-state index contributed by atoms with van der Waals surface area (Å²) < 4.78 is 5.51. The fourth-order valence-corrected chi connectivity index (χ4v) is 7.56. The Morgan fingerprint density at radius 3 is 2.40 bits per heavy atom. The molecule has 6 fully saturated rings. The van der Waals surface area contributed by atoms with Crippen LogP contribution in [-0.2, 0) is 9.53 Å². The Morgan fingerprint density at radius 1 is 1.17 bits per heavy atom. The number of rotatable bonds is 3. The van der Waals surface area contributed by atoms with Gasteiger partial charge in [-0.25, -0.2) is 4.79 Å². The molecular weight excluding hydrogens is 382 g/mol. The van der Waals surface area contributed by atoms with Crippen LogP contribution >= 0.6 is 0 Å². The molecule has 1 heterocycles. The van der Waals surface area contributed by atoms with E-state index in [2.05, 4.69) is 11.4 Å². The number of piperidine rings is 1. The van der Waals surface area contributed by atoms with E-state index < -0.39 is 34.8 Å². The number of nitriles is 1. The molecular formula is C23H33N3O4. The third-order valence-electron chi connectivity index (χ3n) is 8.10. The lowest BCUT2D eigenvalue weighted by atomic mass is 9.46. The van der Waals surface area contributed by atoms with Gasteiger partial charge in [-0.15, -0.1) is 0 Å². The van der Waals surface area contributed by atoms with Crippen LogP contribution in [0.15, 0.2) is 0 Å². The van der Waals surface area contributed by atoms with Crippen LogP contribution in [0.2, 0.25) is 0 Å². The molecule has 7 heteroatoms. The highest BCUT2D eigenvalue weighted by Gasteiger charge is 2.64. The van der Waals surface area contributed by atoms with Crippen molar-refractivity contribution >= 4 is 12.0 Å². The normalized spacial score (nSPS) is 44.2. The zero-order valence-electron chi connectivity index (χ0n) is 18.2. The fourth-order valence-electron chi connectivity index (χ4n) is 7.56. The number of carbonyl (C=O) groups excluding carboxylic acids is 2. The van der Waals surface area contributed by atoms with Gasteiger partial charge < -0.3 is 20.1 Å². The molecule has 164 valence electrons. The maximum atomic E-state index is 13.9. The van der Waals surface area contributed by atoms with Crippen LogP contribution in [-0.4, -0.2) is 51.3 Å². The molecule has 2 N–H and O–H groups in total. The molecule has 0 aromatic heterocycles. The minimum atomic E-state index is -0.750. The summed E-state index contributed by atoms with van der Waals surface area (Å²) in [5.74, 6) is 1.06. The number of aliphatic hydroxyl groups is 1. The average molecular weight is 416 g/mol. The Balaban J connectivity index is 1.47. The zero-order valence-corrected chi connectivity index (χ0v) is 18.2. The van der Waals surface area contributed by atoms with Crippen molar-refractivity contribution in [3.05, 3.63) is 0 Å². The lowest BCUT2D eigenvalue weighted by Gasteiger charge is -2.62. The smallest absolute Gasteiger partial charge is 0.408 e. The number of ether oxygens (including phenoxy) is 1. The van der Waals surface area contributed by atoms with E-state index in [1.807, 2.05) is 0 Å². The zero-order chi connectivity index (χ0) is 21.5. The van der Waals surface area contributed by atoms with Gasteiger partial charge in [-0.1, -0.05) is 0 Å². The minimum Gasteiger partial charge on any atom is -0.444 e. The fraction of sp³-hybridized carbons (Fsp3) is 0.870. The van der Waals surface area contributed by atoms with E-state index in [-0.39, 0.29) is 11.9 Å². The monoisotopic (exact) mass is 415 g/mol. The van der Waals surface area contributed by atoms with Crippen molar-refractivity contribution in [2.24, 2.45) is 23.2 Å². The summed E-state index contributed by atoms with van der Waals surface area (Å²) in [6, 6.07) is 1.26. The summed E-state index contributed by atoms with van der Waals surface area (Å²) in [4.78, 5) is 28.4. The van der Waals surface area contributed by atoms with Crippen molar-refractivity contribution in [1.82, 2.24) is 10.2 Å². The van der Waals surface area contributed by atoms with Gasteiger partial charge in [0, 0.05) is 11.5 Å². The SMILES string of the molecule is CC(C)(C)OC(=O)N[C@H](C(=O)N1C2CC2C[C@H]1C#N)C12CC3CC(CC(O)(C3)C1)C2. The van der Waals surface area contributed by atoms with Crippen LogP contribution in [0.4, 0.5) is 4.79 Å². The Labute approximate surface area is 178 Å². The Morgan fingerprint density at radius 2 is 1.83 bits per heavy atom. The molecule has 0 aromatic carbocycles. The molecule has 0 radical (unpaired) electrons. The number of likely N-dealkylation sites (tertiary alicyclic amines) is 1. The minimum absolute atomic E-state index is 0.127. The molecule has 5 saturated carbocycles. The molecule has 1 aliphatic heterocycles.